The SMILES string of the molecule is O=P#CCCC(NBr)C(=O)O. The third kappa shape index (κ3) is 5.22. The van der Waals surface area contributed by atoms with Crippen LogP contribution in [0.3, 0.4) is 0 Å². The summed E-state index contributed by atoms with van der Waals surface area (Å²) in [5, 5.41) is 8.47. The van der Waals surface area contributed by atoms with E-state index in [1.54, 1.807) is 0 Å². The van der Waals surface area contributed by atoms with Crippen molar-refractivity contribution in [2.75, 3.05) is 0 Å². The van der Waals surface area contributed by atoms with Gasteiger partial charge in [-0.3, -0.25) is 0 Å². The van der Waals surface area contributed by atoms with Crippen molar-refractivity contribution in [1.29, 1.82) is 0 Å². The summed E-state index contributed by atoms with van der Waals surface area (Å²) < 4.78 is 12.3. The monoisotopic (exact) mass is 239 g/mol. The summed E-state index contributed by atoms with van der Waals surface area (Å²) in [5.41, 5.74) is 2.46. The number of carbonyl (C=O) groups is 1. The predicted molar refractivity (Wildman–Crippen MR) is 44.2 cm³/mol. The first kappa shape index (κ1) is 10.9. The van der Waals surface area contributed by atoms with Crippen molar-refractivity contribution in [2.24, 2.45) is 0 Å². The number of aliphatic carboxylic acids is 1. The van der Waals surface area contributed by atoms with Crippen LogP contribution >= 0.6 is 24.1 Å². The molecular weight excluding hydrogens is 233 g/mol. The molecule has 0 aliphatic heterocycles. The van der Waals surface area contributed by atoms with Crippen LogP contribution in [0.2, 0.25) is 0 Å². The number of carboxylic acid groups (broad SMARTS) is 1. The number of carboxylic acids is 1. The van der Waals surface area contributed by atoms with Gasteiger partial charge >= 0.3 is 73.4 Å². The molecule has 0 saturated carbocycles. The van der Waals surface area contributed by atoms with Crippen molar-refractivity contribution in [1.82, 2.24) is 4.34 Å². The molecule has 0 bridgehead atoms. The molecule has 0 heterocycles. The summed E-state index contributed by atoms with van der Waals surface area (Å²) in [4.78, 5) is 10.3. The molecule has 0 aliphatic carbocycles. The van der Waals surface area contributed by atoms with Crippen LogP contribution in [-0.4, -0.2) is 17.1 Å². The average molecular weight is 240 g/mol. The van der Waals surface area contributed by atoms with Crippen LogP contribution < -0.4 is 4.34 Å². The van der Waals surface area contributed by atoms with Gasteiger partial charge in [-0.25, -0.2) is 0 Å². The standard InChI is InChI=1S/C5H7BrNO3P/c6-7-4(5(8)9)2-1-3-11-10/h4,7H,1-2H2,(H,8,9). The van der Waals surface area contributed by atoms with E-state index in [9.17, 15) is 9.36 Å². The Morgan fingerprint density at radius 3 is 2.82 bits per heavy atom. The zero-order valence-corrected chi connectivity index (χ0v) is 8.06. The fourth-order valence-electron chi connectivity index (χ4n) is 0.479. The van der Waals surface area contributed by atoms with E-state index in [0.29, 0.717) is 12.8 Å². The van der Waals surface area contributed by atoms with E-state index in [1.165, 1.54) is 0 Å². The maximum atomic E-state index is 10.3. The minimum absolute atomic E-state index is 0.177. The third-order valence-electron chi connectivity index (χ3n) is 1.04. The topological polar surface area (TPSA) is 66.4 Å². The van der Waals surface area contributed by atoms with Gasteiger partial charge in [-0.15, -0.1) is 0 Å². The molecule has 11 heavy (non-hydrogen) atoms. The molecule has 62 valence electrons. The third-order valence-corrected chi connectivity index (χ3v) is 1.94. The molecule has 0 aromatic carbocycles. The molecule has 0 fully saturated rings. The Morgan fingerprint density at radius 2 is 2.45 bits per heavy atom. The van der Waals surface area contributed by atoms with Crippen LogP contribution in [0.5, 0.6) is 0 Å². The van der Waals surface area contributed by atoms with Gasteiger partial charge in [0.2, 0.25) is 0 Å². The van der Waals surface area contributed by atoms with Crippen molar-refractivity contribution >= 4 is 30.0 Å². The Kier molecular flexibility index (Phi) is 6.57. The molecular formula is C5H7BrNO3P. The van der Waals surface area contributed by atoms with Gasteiger partial charge in [0, 0.05) is 0 Å². The van der Waals surface area contributed by atoms with Gasteiger partial charge in [-0.05, 0) is 0 Å². The number of hydrogen-bond donors (Lipinski definition) is 2. The second kappa shape index (κ2) is 6.62. The predicted octanol–water partition coefficient (Wildman–Crippen LogP) is 1.37. The molecule has 6 heteroatoms. The minimum atomic E-state index is -0.939. The van der Waals surface area contributed by atoms with Crippen LogP contribution in [-0.2, 0) is 9.36 Å². The zero-order chi connectivity index (χ0) is 8.69. The van der Waals surface area contributed by atoms with Crippen molar-refractivity contribution in [2.45, 2.75) is 18.9 Å². The van der Waals surface area contributed by atoms with Gasteiger partial charge in [-0.2, -0.15) is 0 Å². The second-order valence-corrected chi connectivity index (χ2v) is 2.74. The number of nitrogens with one attached hydrogen (secondary N) is 1. The first-order valence-electron chi connectivity index (χ1n) is 2.86. The first-order chi connectivity index (χ1) is 5.22. The summed E-state index contributed by atoms with van der Waals surface area (Å²) >= 11 is 2.83. The molecule has 0 aromatic heterocycles. The Balaban J connectivity index is 3.75. The molecule has 0 rings (SSSR count). The van der Waals surface area contributed by atoms with Crippen molar-refractivity contribution in [3.8, 4) is 5.63 Å². The van der Waals surface area contributed by atoms with Gasteiger partial charge in [0.05, 0.1) is 0 Å². The Bertz CT molecular complexity index is 225. The molecule has 1 atom stereocenters. The molecule has 0 amide bonds. The molecule has 0 spiro atoms. The van der Waals surface area contributed by atoms with E-state index < -0.39 is 12.0 Å². The molecule has 0 saturated heterocycles. The van der Waals surface area contributed by atoms with Crippen LogP contribution in [0, 0.1) is 5.63 Å². The van der Waals surface area contributed by atoms with Crippen molar-refractivity contribution in [3.05, 3.63) is 0 Å². The van der Waals surface area contributed by atoms with Gasteiger partial charge < -0.3 is 0 Å². The van der Waals surface area contributed by atoms with Crippen LogP contribution in [0.25, 0.3) is 0 Å². The van der Waals surface area contributed by atoms with E-state index in [1.807, 2.05) is 0 Å². The molecule has 0 aliphatic rings. The summed E-state index contributed by atoms with van der Waals surface area (Å²) in [7, 11) is -0.177. The summed E-state index contributed by atoms with van der Waals surface area (Å²) in [6.07, 6.45) is 0.760. The molecule has 0 aromatic rings. The van der Waals surface area contributed by atoms with Crippen molar-refractivity contribution in [3.63, 3.8) is 0 Å². The van der Waals surface area contributed by atoms with Gasteiger partial charge in [-0.1, -0.05) is 0 Å². The van der Waals surface area contributed by atoms with E-state index in [-0.39, 0.29) is 7.92 Å². The normalized spacial score (nSPS) is 11.7. The average Bonchev–Trinajstić information content (AvgIpc) is 1.97. The van der Waals surface area contributed by atoms with Crippen LogP contribution in [0.4, 0.5) is 0 Å². The Labute approximate surface area is 73.8 Å². The van der Waals surface area contributed by atoms with Crippen LogP contribution in [0.1, 0.15) is 12.8 Å². The van der Waals surface area contributed by atoms with Crippen LogP contribution in [0.15, 0.2) is 0 Å². The molecule has 2 N–H and O–H groups in total. The van der Waals surface area contributed by atoms with E-state index in [4.69, 9.17) is 5.11 Å². The van der Waals surface area contributed by atoms with E-state index >= 15 is 0 Å². The molecule has 1 unspecified atom stereocenters. The first-order valence-corrected chi connectivity index (χ1v) is 4.47. The second-order valence-electron chi connectivity index (χ2n) is 1.79. The van der Waals surface area contributed by atoms with Gasteiger partial charge in [0.25, 0.3) is 0 Å². The fourth-order valence-corrected chi connectivity index (χ4v) is 1.12. The summed E-state index contributed by atoms with van der Waals surface area (Å²) in [6, 6.07) is -0.649. The zero-order valence-electron chi connectivity index (χ0n) is 5.58. The maximum absolute atomic E-state index is 10.3. The van der Waals surface area contributed by atoms with Gasteiger partial charge in [0.15, 0.2) is 0 Å². The van der Waals surface area contributed by atoms with Gasteiger partial charge in [0.1, 0.15) is 0 Å². The Morgan fingerprint density at radius 1 is 1.82 bits per heavy atom. The van der Waals surface area contributed by atoms with E-state index in [0.717, 1.165) is 0 Å². The quantitative estimate of drug-likeness (QED) is 0.575. The summed E-state index contributed by atoms with van der Waals surface area (Å²) in [6.45, 7) is 0. The summed E-state index contributed by atoms with van der Waals surface area (Å²) in [5.74, 6) is -0.939. The van der Waals surface area contributed by atoms with Crippen molar-refractivity contribution < 1.29 is 14.5 Å². The number of hydrogen-bond acceptors (Lipinski definition) is 3. The fraction of sp³-hybridized carbons (Fsp3) is 0.600. The number of rotatable bonds is 4. The Hall–Kier alpha value is -0.0800. The van der Waals surface area contributed by atoms with E-state index in [2.05, 4.69) is 26.1 Å². The molecule has 4 nitrogen and oxygen atoms in total. The molecule has 0 radical (unpaired) electrons. The number of halogens is 1.